The van der Waals surface area contributed by atoms with Gasteiger partial charge in [0, 0.05) is 0 Å². The number of carbonyl (C=O) groups is 1. The molecule has 1 amide bonds. The summed E-state index contributed by atoms with van der Waals surface area (Å²) in [6, 6.07) is 13.1. The van der Waals surface area contributed by atoms with Gasteiger partial charge in [-0.1, -0.05) is 35.5 Å². The molecule has 1 unspecified atom stereocenters. The lowest BCUT2D eigenvalue weighted by molar-refractivity contribution is 0.0936. The minimum absolute atomic E-state index is 0.0156. The summed E-state index contributed by atoms with van der Waals surface area (Å²) in [6.07, 6.45) is 0. The molecule has 4 aromatic rings. The normalized spacial score (nSPS) is 12.4. The number of aromatic nitrogens is 4. The predicted molar refractivity (Wildman–Crippen MR) is 93.4 cm³/mol. The highest BCUT2D eigenvalue weighted by Crippen LogP contribution is 2.16. The van der Waals surface area contributed by atoms with Crippen molar-refractivity contribution < 1.29 is 9.18 Å². The van der Waals surface area contributed by atoms with Crippen molar-refractivity contribution >= 4 is 22.5 Å². The van der Waals surface area contributed by atoms with Crippen LogP contribution in [0.2, 0.25) is 0 Å². The molecule has 2 aromatic carbocycles. The molecule has 0 aliphatic heterocycles. The van der Waals surface area contributed by atoms with Crippen LogP contribution in [0.4, 0.5) is 4.39 Å². The number of amides is 1. The molecule has 0 saturated heterocycles. The molecule has 4 rings (SSSR count). The second-order valence-corrected chi connectivity index (χ2v) is 5.92. The first-order valence-corrected chi connectivity index (χ1v) is 7.97. The van der Waals surface area contributed by atoms with Gasteiger partial charge in [0.05, 0.1) is 17.1 Å². The molecular weight excluding hydrogens is 337 g/mol. The zero-order chi connectivity index (χ0) is 18.3. The Labute approximate surface area is 146 Å². The molecule has 2 heterocycles. The molecule has 2 N–H and O–H groups in total. The van der Waals surface area contributed by atoms with Crippen LogP contribution in [0.5, 0.6) is 0 Å². The summed E-state index contributed by atoms with van der Waals surface area (Å²) < 4.78 is 14.6. The number of H-pyrrole nitrogens is 1. The van der Waals surface area contributed by atoms with Crippen LogP contribution in [0, 0.1) is 5.82 Å². The summed E-state index contributed by atoms with van der Waals surface area (Å²) in [5.74, 6) is -0.995. The van der Waals surface area contributed by atoms with E-state index >= 15 is 0 Å². The number of halogens is 1. The van der Waals surface area contributed by atoms with Crippen LogP contribution in [0.3, 0.4) is 0 Å². The second-order valence-electron chi connectivity index (χ2n) is 5.92. The number of carbonyl (C=O) groups excluding carboxylic acids is 1. The molecular formula is C18H14FN5O2. The molecule has 0 saturated carbocycles. The standard InChI is InChI=1S/C18H14FN5O2/c1-10(11-5-3-2-4-6-11)20-17(25)15-16-18(26)21-13-9-12(19)7-8-14(13)24(16)23-22-15/h2-10H,1H3,(H,20,25)(H,21,26). The van der Waals surface area contributed by atoms with Gasteiger partial charge in [-0.05, 0) is 30.7 Å². The van der Waals surface area contributed by atoms with Crippen LogP contribution >= 0.6 is 0 Å². The fourth-order valence-corrected chi connectivity index (χ4v) is 2.87. The van der Waals surface area contributed by atoms with Gasteiger partial charge in [-0.3, -0.25) is 9.59 Å². The highest BCUT2D eigenvalue weighted by molar-refractivity contribution is 5.99. The van der Waals surface area contributed by atoms with E-state index in [1.807, 2.05) is 37.3 Å². The van der Waals surface area contributed by atoms with E-state index in [1.165, 1.54) is 22.7 Å². The third-order valence-electron chi connectivity index (χ3n) is 4.18. The molecule has 130 valence electrons. The van der Waals surface area contributed by atoms with Gasteiger partial charge in [0.1, 0.15) is 5.82 Å². The summed E-state index contributed by atoms with van der Waals surface area (Å²) in [7, 11) is 0. The molecule has 0 fully saturated rings. The zero-order valence-corrected chi connectivity index (χ0v) is 13.7. The molecule has 0 aliphatic carbocycles. The summed E-state index contributed by atoms with van der Waals surface area (Å²) in [4.78, 5) is 27.6. The van der Waals surface area contributed by atoms with E-state index in [1.54, 1.807) is 0 Å². The maximum Gasteiger partial charge on any atom is 0.277 e. The highest BCUT2D eigenvalue weighted by atomic mass is 19.1. The summed E-state index contributed by atoms with van der Waals surface area (Å²) in [5.41, 5.74) is 1.01. The first kappa shape index (κ1) is 15.9. The molecule has 0 radical (unpaired) electrons. The van der Waals surface area contributed by atoms with Gasteiger partial charge in [-0.2, -0.15) is 0 Å². The Morgan fingerprint density at radius 2 is 2.00 bits per heavy atom. The number of aromatic amines is 1. The predicted octanol–water partition coefficient (Wildman–Crippen LogP) is 2.20. The van der Waals surface area contributed by atoms with Gasteiger partial charge in [0.25, 0.3) is 11.5 Å². The third-order valence-corrected chi connectivity index (χ3v) is 4.18. The summed E-state index contributed by atoms with van der Waals surface area (Å²) in [5, 5.41) is 10.6. The van der Waals surface area contributed by atoms with Gasteiger partial charge >= 0.3 is 0 Å². The zero-order valence-electron chi connectivity index (χ0n) is 13.7. The van der Waals surface area contributed by atoms with Crippen LogP contribution in [0.15, 0.2) is 53.3 Å². The molecule has 1 atom stereocenters. The van der Waals surface area contributed by atoms with Crippen LogP contribution in [-0.4, -0.2) is 25.7 Å². The maximum absolute atomic E-state index is 13.4. The third kappa shape index (κ3) is 2.61. The van der Waals surface area contributed by atoms with Crippen molar-refractivity contribution in [2.45, 2.75) is 13.0 Å². The molecule has 0 spiro atoms. The fourth-order valence-electron chi connectivity index (χ4n) is 2.87. The lowest BCUT2D eigenvalue weighted by atomic mass is 10.1. The van der Waals surface area contributed by atoms with Crippen molar-refractivity contribution in [1.29, 1.82) is 0 Å². The number of fused-ring (bicyclic) bond motifs is 3. The van der Waals surface area contributed by atoms with E-state index in [0.717, 1.165) is 5.56 Å². The number of benzene rings is 2. The summed E-state index contributed by atoms with van der Waals surface area (Å²) in [6.45, 7) is 1.83. The topological polar surface area (TPSA) is 92.2 Å². The molecule has 0 aliphatic rings. The SMILES string of the molecule is CC(NC(=O)c1nnn2c1c(=O)[nH]c1cc(F)ccc12)c1ccccc1. The average Bonchev–Trinajstić information content (AvgIpc) is 3.08. The maximum atomic E-state index is 13.4. The van der Waals surface area contributed by atoms with Crippen molar-refractivity contribution in [3.8, 4) is 0 Å². The van der Waals surface area contributed by atoms with Crippen LogP contribution < -0.4 is 10.9 Å². The monoisotopic (exact) mass is 351 g/mol. The van der Waals surface area contributed by atoms with Crippen molar-refractivity contribution in [1.82, 2.24) is 25.1 Å². The Morgan fingerprint density at radius 3 is 2.77 bits per heavy atom. The van der Waals surface area contributed by atoms with E-state index in [0.29, 0.717) is 5.52 Å². The van der Waals surface area contributed by atoms with Crippen LogP contribution in [-0.2, 0) is 0 Å². The first-order valence-electron chi connectivity index (χ1n) is 7.97. The first-order chi connectivity index (χ1) is 12.5. The van der Waals surface area contributed by atoms with Gasteiger partial charge in [-0.25, -0.2) is 8.91 Å². The van der Waals surface area contributed by atoms with Crippen molar-refractivity contribution in [2.24, 2.45) is 0 Å². The fraction of sp³-hybridized carbons (Fsp3) is 0.111. The number of hydrogen-bond acceptors (Lipinski definition) is 4. The van der Waals surface area contributed by atoms with Gasteiger partial charge in [-0.15, -0.1) is 5.10 Å². The van der Waals surface area contributed by atoms with E-state index in [9.17, 15) is 14.0 Å². The van der Waals surface area contributed by atoms with E-state index in [4.69, 9.17) is 0 Å². The Morgan fingerprint density at radius 1 is 1.23 bits per heavy atom. The average molecular weight is 351 g/mol. The number of nitrogens with one attached hydrogen (secondary N) is 2. The molecule has 7 nitrogen and oxygen atoms in total. The summed E-state index contributed by atoms with van der Waals surface area (Å²) >= 11 is 0. The Balaban J connectivity index is 1.76. The van der Waals surface area contributed by atoms with Crippen LogP contribution in [0.1, 0.15) is 29.0 Å². The van der Waals surface area contributed by atoms with Crippen molar-refractivity contribution in [3.05, 3.63) is 76.0 Å². The van der Waals surface area contributed by atoms with Crippen molar-refractivity contribution in [3.63, 3.8) is 0 Å². The lowest BCUT2D eigenvalue weighted by Crippen LogP contribution is -2.28. The second kappa shape index (κ2) is 6.07. The molecule has 2 aromatic heterocycles. The van der Waals surface area contributed by atoms with Gasteiger partial charge in [0.2, 0.25) is 0 Å². The smallest absolute Gasteiger partial charge is 0.277 e. The van der Waals surface area contributed by atoms with E-state index in [2.05, 4.69) is 20.6 Å². The van der Waals surface area contributed by atoms with Gasteiger partial charge < -0.3 is 10.3 Å². The number of rotatable bonds is 3. The molecule has 8 heteroatoms. The molecule has 26 heavy (non-hydrogen) atoms. The Hall–Kier alpha value is -3.55. The van der Waals surface area contributed by atoms with Gasteiger partial charge in [0.15, 0.2) is 11.2 Å². The lowest BCUT2D eigenvalue weighted by Gasteiger charge is -2.13. The quantitative estimate of drug-likeness (QED) is 0.592. The Bertz CT molecular complexity index is 1180. The highest BCUT2D eigenvalue weighted by Gasteiger charge is 2.21. The number of hydrogen-bond donors (Lipinski definition) is 2. The molecule has 0 bridgehead atoms. The minimum Gasteiger partial charge on any atom is -0.344 e. The minimum atomic E-state index is -0.564. The largest absolute Gasteiger partial charge is 0.344 e. The van der Waals surface area contributed by atoms with E-state index < -0.39 is 17.3 Å². The Kier molecular flexibility index (Phi) is 3.72. The van der Waals surface area contributed by atoms with Crippen LogP contribution in [0.25, 0.3) is 16.6 Å². The van der Waals surface area contributed by atoms with Crippen molar-refractivity contribution in [2.75, 3.05) is 0 Å². The number of nitrogens with zero attached hydrogens (tertiary/aromatic N) is 3. The van der Waals surface area contributed by atoms with E-state index in [-0.39, 0.29) is 22.8 Å².